The molecule has 0 aromatic heterocycles. The number of nitrogens with zero attached hydrogens (tertiary/aromatic N) is 2. The van der Waals surface area contributed by atoms with Gasteiger partial charge in [0.15, 0.2) is 0 Å². The summed E-state index contributed by atoms with van der Waals surface area (Å²) in [5.41, 5.74) is 0. The molecule has 19 heavy (non-hydrogen) atoms. The second-order valence-corrected chi connectivity index (χ2v) is 7.38. The van der Waals surface area contributed by atoms with E-state index in [-0.39, 0.29) is 0 Å². The predicted molar refractivity (Wildman–Crippen MR) is 80.4 cm³/mol. The predicted octanol–water partition coefficient (Wildman–Crippen LogP) is 1.79. The van der Waals surface area contributed by atoms with Crippen molar-refractivity contribution in [3.63, 3.8) is 0 Å². The molecule has 3 heteroatoms. The summed E-state index contributed by atoms with van der Waals surface area (Å²) in [7, 11) is 0. The molecule has 110 valence electrons. The molecule has 0 spiro atoms. The van der Waals surface area contributed by atoms with E-state index in [0.717, 1.165) is 23.9 Å². The van der Waals surface area contributed by atoms with Crippen LogP contribution in [0.3, 0.4) is 0 Å². The minimum Gasteiger partial charge on any atom is -0.310 e. The molecule has 4 rings (SSSR count). The fourth-order valence-electron chi connectivity index (χ4n) is 4.26. The zero-order valence-corrected chi connectivity index (χ0v) is 12.8. The highest BCUT2D eigenvalue weighted by molar-refractivity contribution is 4.93. The number of likely N-dealkylation sites (tertiary alicyclic amines) is 1. The Morgan fingerprint density at radius 3 is 2.21 bits per heavy atom. The van der Waals surface area contributed by atoms with Crippen LogP contribution in [0.15, 0.2) is 0 Å². The molecule has 3 nitrogen and oxygen atoms in total. The average Bonchev–Trinajstić information content (AvgIpc) is 2.42. The third kappa shape index (κ3) is 3.50. The zero-order chi connectivity index (χ0) is 13.2. The molecular weight excluding hydrogens is 234 g/mol. The van der Waals surface area contributed by atoms with Gasteiger partial charge < -0.3 is 15.1 Å². The van der Waals surface area contributed by atoms with Crippen molar-refractivity contribution in [2.75, 3.05) is 39.3 Å². The van der Waals surface area contributed by atoms with Crippen molar-refractivity contribution in [2.45, 2.75) is 51.6 Å². The quantitative estimate of drug-likeness (QED) is 0.836. The van der Waals surface area contributed by atoms with E-state index in [1.807, 2.05) is 0 Å². The monoisotopic (exact) mass is 265 g/mol. The number of piperidine rings is 4. The van der Waals surface area contributed by atoms with Gasteiger partial charge in [-0.15, -0.1) is 0 Å². The van der Waals surface area contributed by atoms with Crippen molar-refractivity contribution >= 4 is 0 Å². The molecule has 4 heterocycles. The summed E-state index contributed by atoms with van der Waals surface area (Å²) in [4.78, 5) is 5.31. The summed E-state index contributed by atoms with van der Waals surface area (Å²) >= 11 is 0. The standard InChI is InChI=1S/C16H31N3/c1-13(2)11-18-9-5-15(6-10-18)17-16-12-19-7-3-14(16)4-8-19/h13-17H,3-12H2,1-2H3. The third-order valence-electron chi connectivity index (χ3n) is 5.32. The van der Waals surface area contributed by atoms with Gasteiger partial charge in [0.1, 0.15) is 0 Å². The molecule has 1 unspecified atom stereocenters. The molecule has 0 aromatic rings. The Balaban J connectivity index is 1.42. The molecule has 0 amide bonds. The van der Waals surface area contributed by atoms with Crippen molar-refractivity contribution in [1.29, 1.82) is 0 Å². The number of nitrogens with one attached hydrogen (secondary N) is 1. The lowest BCUT2D eigenvalue weighted by Gasteiger charge is -2.47. The minimum atomic E-state index is 0.786. The van der Waals surface area contributed by atoms with E-state index in [9.17, 15) is 0 Å². The summed E-state index contributed by atoms with van der Waals surface area (Å²) in [5.74, 6) is 1.78. The van der Waals surface area contributed by atoms with Crippen molar-refractivity contribution in [1.82, 2.24) is 15.1 Å². The molecule has 4 saturated heterocycles. The molecule has 4 aliphatic rings. The summed E-state index contributed by atoms with van der Waals surface area (Å²) in [5, 5.41) is 3.99. The van der Waals surface area contributed by atoms with Gasteiger partial charge in [0.05, 0.1) is 0 Å². The van der Waals surface area contributed by atoms with Crippen LogP contribution in [0, 0.1) is 11.8 Å². The van der Waals surface area contributed by atoms with Crippen LogP contribution in [-0.4, -0.2) is 61.2 Å². The van der Waals surface area contributed by atoms with Gasteiger partial charge in [-0.1, -0.05) is 13.8 Å². The molecule has 4 fully saturated rings. The molecule has 0 aromatic carbocycles. The smallest absolute Gasteiger partial charge is 0.0226 e. The number of rotatable bonds is 4. The normalized spacial score (nSPS) is 37.1. The molecular formula is C16H31N3. The number of hydrogen-bond donors (Lipinski definition) is 1. The van der Waals surface area contributed by atoms with E-state index in [4.69, 9.17) is 0 Å². The summed E-state index contributed by atoms with van der Waals surface area (Å²) < 4.78 is 0. The Bertz CT molecular complexity index is 276. The van der Waals surface area contributed by atoms with Crippen LogP contribution in [0.5, 0.6) is 0 Å². The van der Waals surface area contributed by atoms with Crippen LogP contribution in [-0.2, 0) is 0 Å². The average molecular weight is 265 g/mol. The van der Waals surface area contributed by atoms with E-state index >= 15 is 0 Å². The van der Waals surface area contributed by atoms with E-state index in [2.05, 4.69) is 29.0 Å². The van der Waals surface area contributed by atoms with Crippen LogP contribution in [0.1, 0.15) is 39.5 Å². The van der Waals surface area contributed by atoms with Crippen molar-refractivity contribution in [2.24, 2.45) is 11.8 Å². The first-order chi connectivity index (χ1) is 9.20. The van der Waals surface area contributed by atoms with Crippen molar-refractivity contribution in [3.05, 3.63) is 0 Å². The molecule has 0 radical (unpaired) electrons. The highest BCUT2D eigenvalue weighted by Crippen LogP contribution is 2.28. The van der Waals surface area contributed by atoms with Gasteiger partial charge in [0.2, 0.25) is 0 Å². The van der Waals surface area contributed by atoms with E-state index in [0.29, 0.717) is 0 Å². The number of hydrogen-bond acceptors (Lipinski definition) is 3. The van der Waals surface area contributed by atoms with Crippen LogP contribution >= 0.6 is 0 Å². The van der Waals surface area contributed by atoms with Crippen LogP contribution in [0.4, 0.5) is 0 Å². The minimum absolute atomic E-state index is 0.786. The van der Waals surface area contributed by atoms with Gasteiger partial charge >= 0.3 is 0 Å². The van der Waals surface area contributed by atoms with E-state index in [1.54, 1.807) is 0 Å². The molecule has 4 aliphatic heterocycles. The van der Waals surface area contributed by atoms with Crippen molar-refractivity contribution in [3.8, 4) is 0 Å². The summed E-state index contributed by atoms with van der Waals surface area (Å²) in [6, 6.07) is 1.58. The highest BCUT2D eigenvalue weighted by Gasteiger charge is 2.35. The topological polar surface area (TPSA) is 18.5 Å². The van der Waals surface area contributed by atoms with Gasteiger partial charge in [-0.05, 0) is 63.7 Å². The Kier molecular flexibility index (Phi) is 4.45. The lowest BCUT2D eigenvalue weighted by atomic mass is 9.83. The van der Waals surface area contributed by atoms with Crippen molar-refractivity contribution < 1.29 is 0 Å². The molecule has 1 atom stereocenters. The lowest BCUT2D eigenvalue weighted by molar-refractivity contribution is 0.0595. The molecule has 1 N–H and O–H groups in total. The first-order valence-electron chi connectivity index (χ1n) is 8.41. The SMILES string of the molecule is CC(C)CN1CCC(NC2CN3CCC2CC3)CC1. The van der Waals surface area contributed by atoms with Gasteiger partial charge in [-0.2, -0.15) is 0 Å². The Morgan fingerprint density at radius 1 is 1.00 bits per heavy atom. The Labute approximate surface area is 118 Å². The van der Waals surface area contributed by atoms with E-state index < -0.39 is 0 Å². The second kappa shape index (κ2) is 6.11. The molecule has 0 aliphatic carbocycles. The lowest BCUT2D eigenvalue weighted by Crippen LogP contribution is -2.59. The summed E-state index contributed by atoms with van der Waals surface area (Å²) in [6.45, 7) is 12.6. The van der Waals surface area contributed by atoms with E-state index in [1.165, 1.54) is 65.0 Å². The number of fused-ring (bicyclic) bond motifs is 3. The maximum absolute atomic E-state index is 3.99. The maximum Gasteiger partial charge on any atom is 0.0226 e. The fourth-order valence-corrected chi connectivity index (χ4v) is 4.26. The zero-order valence-electron chi connectivity index (χ0n) is 12.8. The highest BCUT2D eigenvalue weighted by atomic mass is 15.2. The maximum atomic E-state index is 3.99. The van der Waals surface area contributed by atoms with Gasteiger partial charge in [0, 0.05) is 25.2 Å². The van der Waals surface area contributed by atoms with Crippen LogP contribution < -0.4 is 5.32 Å². The fraction of sp³-hybridized carbons (Fsp3) is 1.00. The molecule has 2 bridgehead atoms. The summed E-state index contributed by atoms with van der Waals surface area (Å²) in [6.07, 6.45) is 5.58. The molecule has 0 saturated carbocycles. The van der Waals surface area contributed by atoms with Crippen LogP contribution in [0.2, 0.25) is 0 Å². The first kappa shape index (κ1) is 13.8. The Morgan fingerprint density at radius 2 is 1.68 bits per heavy atom. The largest absolute Gasteiger partial charge is 0.310 e. The first-order valence-corrected chi connectivity index (χ1v) is 8.41. The van der Waals surface area contributed by atoms with Gasteiger partial charge in [-0.25, -0.2) is 0 Å². The Hall–Kier alpha value is -0.120. The third-order valence-corrected chi connectivity index (χ3v) is 5.32. The van der Waals surface area contributed by atoms with Gasteiger partial charge in [0.25, 0.3) is 0 Å². The van der Waals surface area contributed by atoms with Crippen LogP contribution in [0.25, 0.3) is 0 Å². The second-order valence-electron chi connectivity index (χ2n) is 7.38. The van der Waals surface area contributed by atoms with Gasteiger partial charge in [-0.3, -0.25) is 0 Å².